The Bertz CT molecular complexity index is 487. The highest BCUT2D eigenvalue weighted by atomic mass is 35.5. The Labute approximate surface area is 109 Å². The lowest BCUT2D eigenvalue weighted by Gasteiger charge is -2.12. The number of nitrogens with zero attached hydrogens (tertiary/aromatic N) is 2. The van der Waals surface area contributed by atoms with Crippen molar-refractivity contribution in [1.29, 1.82) is 0 Å². The third-order valence-corrected chi connectivity index (χ3v) is 2.46. The van der Waals surface area contributed by atoms with Crippen LogP contribution >= 0.6 is 11.6 Å². The number of carbonyl (C=O) groups is 1. The maximum Gasteiger partial charge on any atom is 0.404 e. The highest BCUT2D eigenvalue weighted by Crippen LogP contribution is 2.15. The molecule has 0 saturated carbocycles. The zero-order valence-electron chi connectivity index (χ0n) is 10.1. The van der Waals surface area contributed by atoms with Gasteiger partial charge in [-0.05, 0) is 13.8 Å². The molecule has 7 nitrogen and oxygen atoms in total. The SMILES string of the molecule is CC(C)n1ncc(NCCOC(N)=O)c(Cl)c1=O. The van der Waals surface area contributed by atoms with Crippen LogP contribution in [0.25, 0.3) is 0 Å². The first-order valence-electron chi connectivity index (χ1n) is 5.37. The van der Waals surface area contributed by atoms with E-state index in [4.69, 9.17) is 17.3 Å². The summed E-state index contributed by atoms with van der Waals surface area (Å²) < 4.78 is 5.81. The number of anilines is 1. The Hall–Kier alpha value is -1.76. The number of aromatic nitrogens is 2. The summed E-state index contributed by atoms with van der Waals surface area (Å²) in [4.78, 5) is 22.1. The maximum atomic E-state index is 11.8. The molecule has 3 N–H and O–H groups in total. The molecule has 18 heavy (non-hydrogen) atoms. The Morgan fingerprint density at radius 3 is 2.89 bits per heavy atom. The van der Waals surface area contributed by atoms with E-state index in [-0.39, 0.29) is 29.8 Å². The fraction of sp³-hybridized carbons (Fsp3) is 0.500. The van der Waals surface area contributed by atoms with Crippen molar-refractivity contribution in [2.45, 2.75) is 19.9 Å². The Morgan fingerprint density at radius 2 is 2.33 bits per heavy atom. The molecule has 0 unspecified atom stereocenters. The molecule has 0 radical (unpaired) electrons. The largest absolute Gasteiger partial charge is 0.448 e. The molecule has 0 saturated heterocycles. The summed E-state index contributed by atoms with van der Waals surface area (Å²) in [6.45, 7) is 4.03. The van der Waals surface area contributed by atoms with Gasteiger partial charge in [0, 0.05) is 6.54 Å². The van der Waals surface area contributed by atoms with Gasteiger partial charge in [0.15, 0.2) is 0 Å². The Kier molecular flexibility index (Phi) is 4.96. The number of carbonyl (C=O) groups excluding carboxylic acids is 1. The molecule has 0 aliphatic heterocycles. The van der Waals surface area contributed by atoms with Crippen molar-refractivity contribution in [1.82, 2.24) is 9.78 Å². The van der Waals surface area contributed by atoms with Crippen LogP contribution in [0.4, 0.5) is 10.5 Å². The number of ether oxygens (including phenoxy) is 1. The fourth-order valence-electron chi connectivity index (χ4n) is 1.27. The van der Waals surface area contributed by atoms with Crippen LogP contribution in [-0.4, -0.2) is 29.0 Å². The molecule has 1 aromatic heterocycles. The minimum absolute atomic E-state index is 0.0535. The van der Waals surface area contributed by atoms with Gasteiger partial charge in [0.25, 0.3) is 5.56 Å². The van der Waals surface area contributed by atoms with Gasteiger partial charge in [0.05, 0.1) is 17.9 Å². The van der Waals surface area contributed by atoms with Crippen molar-refractivity contribution in [2.75, 3.05) is 18.5 Å². The molecule has 0 fully saturated rings. The van der Waals surface area contributed by atoms with Crippen molar-refractivity contribution < 1.29 is 9.53 Å². The van der Waals surface area contributed by atoms with E-state index in [1.807, 2.05) is 13.8 Å². The third-order valence-electron chi connectivity index (χ3n) is 2.09. The predicted molar refractivity (Wildman–Crippen MR) is 67.9 cm³/mol. The van der Waals surface area contributed by atoms with Crippen LogP contribution in [0.2, 0.25) is 5.02 Å². The van der Waals surface area contributed by atoms with Gasteiger partial charge in [-0.2, -0.15) is 5.10 Å². The van der Waals surface area contributed by atoms with E-state index in [1.54, 1.807) is 0 Å². The van der Waals surface area contributed by atoms with Crippen LogP contribution in [0.15, 0.2) is 11.0 Å². The average molecular weight is 275 g/mol. The van der Waals surface area contributed by atoms with E-state index < -0.39 is 6.09 Å². The van der Waals surface area contributed by atoms with Gasteiger partial charge >= 0.3 is 6.09 Å². The monoisotopic (exact) mass is 274 g/mol. The number of rotatable bonds is 5. The number of halogens is 1. The van der Waals surface area contributed by atoms with Gasteiger partial charge in [-0.25, -0.2) is 9.48 Å². The molecule has 100 valence electrons. The first-order chi connectivity index (χ1) is 8.43. The lowest BCUT2D eigenvalue weighted by atomic mass is 10.4. The van der Waals surface area contributed by atoms with Crippen LogP contribution in [0.3, 0.4) is 0 Å². The zero-order chi connectivity index (χ0) is 13.7. The molecule has 1 heterocycles. The molecular formula is C10H15ClN4O3. The van der Waals surface area contributed by atoms with Crippen molar-refractivity contribution in [3.8, 4) is 0 Å². The maximum absolute atomic E-state index is 11.8. The first kappa shape index (κ1) is 14.3. The molecule has 0 bridgehead atoms. The van der Waals surface area contributed by atoms with E-state index in [0.29, 0.717) is 5.69 Å². The second-order valence-corrected chi connectivity index (χ2v) is 4.19. The zero-order valence-corrected chi connectivity index (χ0v) is 10.9. The first-order valence-corrected chi connectivity index (χ1v) is 5.74. The summed E-state index contributed by atoms with van der Waals surface area (Å²) in [6, 6.07) is -0.0674. The van der Waals surface area contributed by atoms with Gasteiger partial charge < -0.3 is 15.8 Å². The predicted octanol–water partition coefficient (Wildman–Crippen LogP) is 0.985. The standard InChI is InChI=1S/C10H15ClN4O3/c1-6(2)15-9(16)8(11)7(5-14-15)13-3-4-18-10(12)17/h5-6,13H,3-4H2,1-2H3,(H2,12,17). The highest BCUT2D eigenvalue weighted by molar-refractivity contribution is 6.32. The van der Waals surface area contributed by atoms with Gasteiger partial charge in [-0.15, -0.1) is 0 Å². The third kappa shape index (κ3) is 3.63. The molecular weight excluding hydrogens is 260 g/mol. The van der Waals surface area contributed by atoms with E-state index >= 15 is 0 Å². The number of hydrogen-bond acceptors (Lipinski definition) is 5. The van der Waals surface area contributed by atoms with Gasteiger partial charge in [0.1, 0.15) is 11.6 Å². The molecule has 0 atom stereocenters. The van der Waals surface area contributed by atoms with Crippen molar-refractivity contribution in [3.63, 3.8) is 0 Å². The molecule has 1 amide bonds. The molecule has 8 heteroatoms. The summed E-state index contributed by atoms with van der Waals surface area (Å²) in [5.41, 5.74) is 4.83. The van der Waals surface area contributed by atoms with Crippen molar-refractivity contribution in [3.05, 3.63) is 21.6 Å². The summed E-state index contributed by atoms with van der Waals surface area (Å²) in [7, 11) is 0. The van der Waals surface area contributed by atoms with E-state index in [0.717, 1.165) is 0 Å². The minimum Gasteiger partial charge on any atom is -0.448 e. The molecule has 1 aromatic rings. The van der Waals surface area contributed by atoms with Gasteiger partial charge in [-0.3, -0.25) is 4.79 Å². The topological polar surface area (TPSA) is 99.2 Å². The second-order valence-electron chi connectivity index (χ2n) is 3.81. The molecule has 0 aromatic carbocycles. The number of nitrogens with two attached hydrogens (primary N) is 1. The summed E-state index contributed by atoms with van der Waals surface area (Å²) >= 11 is 5.92. The van der Waals surface area contributed by atoms with Crippen LogP contribution < -0.4 is 16.6 Å². The van der Waals surface area contributed by atoms with Crippen LogP contribution in [-0.2, 0) is 4.74 Å². The number of amides is 1. The average Bonchev–Trinajstić information content (AvgIpc) is 2.29. The van der Waals surface area contributed by atoms with E-state index in [9.17, 15) is 9.59 Å². The van der Waals surface area contributed by atoms with E-state index in [2.05, 4.69) is 15.2 Å². The fourth-order valence-corrected chi connectivity index (χ4v) is 1.48. The number of primary amides is 1. The highest BCUT2D eigenvalue weighted by Gasteiger charge is 2.10. The second kappa shape index (κ2) is 6.25. The number of hydrogen-bond donors (Lipinski definition) is 2. The normalized spacial score (nSPS) is 10.4. The Morgan fingerprint density at radius 1 is 1.67 bits per heavy atom. The summed E-state index contributed by atoms with van der Waals surface area (Å²) in [5, 5.41) is 6.87. The number of nitrogens with one attached hydrogen (secondary N) is 1. The quantitative estimate of drug-likeness (QED) is 0.780. The lowest BCUT2D eigenvalue weighted by Crippen LogP contribution is -2.26. The lowest BCUT2D eigenvalue weighted by molar-refractivity contribution is 0.161. The van der Waals surface area contributed by atoms with Crippen molar-refractivity contribution in [2.24, 2.45) is 5.73 Å². The smallest absolute Gasteiger partial charge is 0.404 e. The van der Waals surface area contributed by atoms with Gasteiger partial charge in [-0.1, -0.05) is 11.6 Å². The van der Waals surface area contributed by atoms with Crippen molar-refractivity contribution >= 4 is 23.4 Å². The van der Waals surface area contributed by atoms with Gasteiger partial charge in [0.2, 0.25) is 0 Å². The van der Waals surface area contributed by atoms with Crippen LogP contribution in [0, 0.1) is 0 Å². The molecule has 0 aliphatic rings. The Balaban J connectivity index is 2.71. The summed E-state index contributed by atoms with van der Waals surface area (Å²) in [5.74, 6) is 0. The molecule has 0 aliphatic carbocycles. The summed E-state index contributed by atoms with van der Waals surface area (Å²) in [6.07, 6.45) is 0.602. The van der Waals surface area contributed by atoms with E-state index in [1.165, 1.54) is 10.9 Å². The minimum atomic E-state index is -0.851. The van der Waals surface area contributed by atoms with Crippen LogP contribution in [0.5, 0.6) is 0 Å². The van der Waals surface area contributed by atoms with Crippen LogP contribution in [0.1, 0.15) is 19.9 Å². The molecule has 1 rings (SSSR count). The molecule has 0 spiro atoms.